The van der Waals surface area contributed by atoms with Crippen LogP contribution < -0.4 is 5.73 Å². The third-order valence-corrected chi connectivity index (χ3v) is 4.66. The van der Waals surface area contributed by atoms with Crippen LogP contribution in [0.4, 0.5) is 4.39 Å². The van der Waals surface area contributed by atoms with Crippen LogP contribution in [0.25, 0.3) is 5.69 Å². The first-order chi connectivity index (χ1) is 11.0. The van der Waals surface area contributed by atoms with Crippen molar-refractivity contribution in [1.82, 2.24) is 9.47 Å². The predicted molar refractivity (Wildman–Crippen MR) is 88.3 cm³/mol. The number of hydrogen-bond donors (Lipinski definition) is 1. The van der Waals surface area contributed by atoms with Crippen LogP contribution in [-0.2, 0) is 0 Å². The molecule has 1 saturated heterocycles. The second kappa shape index (κ2) is 6.16. The molecule has 1 aromatic carbocycles. The van der Waals surface area contributed by atoms with Gasteiger partial charge in [0.25, 0.3) is 5.91 Å². The Morgan fingerprint density at radius 2 is 2.00 bits per heavy atom. The van der Waals surface area contributed by atoms with Crippen LogP contribution >= 0.6 is 0 Å². The Kier molecular flexibility index (Phi) is 4.22. The molecule has 2 heterocycles. The Morgan fingerprint density at radius 3 is 2.65 bits per heavy atom. The predicted octanol–water partition coefficient (Wildman–Crippen LogP) is 2.80. The third-order valence-electron chi connectivity index (χ3n) is 4.66. The van der Waals surface area contributed by atoms with Gasteiger partial charge >= 0.3 is 0 Å². The number of nitrogens with two attached hydrogens (primary N) is 1. The molecular formula is C18H22FN3O. The van der Waals surface area contributed by atoms with E-state index in [0.29, 0.717) is 12.1 Å². The molecule has 4 nitrogen and oxygen atoms in total. The molecule has 0 saturated carbocycles. The zero-order chi connectivity index (χ0) is 16.6. The first-order valence-corrected chi connectivity index (χ1v) is 7.99. The lowest BCUT2D eigenvalue weighted by Crippen LogP contribution is -2.40. The number of benzene rings is 1. The highest BCUT2D eigenvalue weighted by molar-refractivity contribution is 5.96. The minimum Gasteiger partial charge on any atom is -0.334 e. The summed E-state index contributed by atoms with van der Waals surface area (Å²) in [7, 11) is 0. The molecule has 3 rings (SSSR count). The monoisotopic (exact) mass is 315 g/mol. The Morgan fingerprint density at radius 1 is 1.30 bits per heavy atom. The van der Waals surface area contributed by atoms with E-state index in [4.69, 9.17) is 5.73 Å². The van der Waals surface area contributed by atoms with Crippen molar-refractivity contribution in [2.24, 2.45) is 5.73 Å². The van der Waals surface area contributed by atoms with Crippen molar-refractivity contribution in [1.29, 1.82) is 0 Å². The number of amides is 1. The van der Waals surface area contributed by atoms with E-state index in [1.165, 1.54) is 12.1 Å². The molecule has 122 valence electrons. The first-order valence-electron chi connectivity index (χ1n) is 7.99. The largest absolute Gasteiger partial charge is 0.334 e. The Labute approximate surface area is 135 Å². The highest BCUT2D eigenvalue weighted by Crippen LogP contribution is 2.25. The van der Waals surface area contributed by atoms with Crippen LogP contribution in [0.3, 0.4) is 0 Å². The van der Waals surface area contributed by atoms with Crippen LogP contribution in [0.5, 0.6) is 0 Å². The molecular weight excluding hydrogens is 293 g/mol. The topological polar surface area (TPSA) is 51.3 Å². The fourth-order valence-electron chi connectivity index (χ4n) is 3.47. The number of aromatic nitrogens is 1. The van der Waals surface area contributed by atoms with Crippen molar-refractivity contribution in [3.8, 4) is 5.69 Å². The molecule has 1 unspecified atom stereocenters. The van der Waals surface area contributed by atoms with Gasteiger partial charge in [0.1, 0.15) is 5.82 Å². The van der Waals surface area contributed by atoms with Crippen molar-refractivity contribution in [2.75, 3.05) is 13.1 Å². The Bertz CT molecular complexity index is 721. The van der Waals surface area contributed by atoms with Crippen molar-refractivity contribution in [2.45, 2.75) is 32.7 Å². The molecule has 1 fully saturated rings. The van der Waals surface area contributed by atoms with Crippen molar-refractivity contribution < 1.29 is 9.18 Å². The molecule has 1 aromatic heterocycles. The first kappa shape index (κ1) is 15.7. The zero-order valence-corrected chi connectivity index (χ0v) is 13.6. The minimum atomic E-state index is -0.268. The van der Waals surface area contributed by atoms with Crippen molar-refractivity contribution >= 4 is 5.91 Å². The molecule has 0 spiro atoms. The van der Waals surface area contributed by atoms with Crippen molar-refractivity contribution in [3.05, 3.63) is 53.1 Å². The number of aryl methyl sites for hydroxylation is 1. The van der Waals surface area contributed by atoms with Gasteiger partial charge in [0.05, 0.1) is 5.56 Å². The molecule has 2 N–H and O–H groups in total. The van der Waals surface area contributed by atoms with Gasteiger partial charge in [-0.2, -0.15) is 0 Å². The van der Waals surface area contributed by atoms with E-state index in [1.54, 1.807) is 12.1 Å². The van der Waals surface area contributed by atoms with Gasteiger partial charge in [0.2, 0.25) is 0 Å². The van der Waals surface area contributed by atoms with Gasteiger partial charge in [0, 0.05) is 36.2 Å². The van der Waals surface area contributed by atoms with E-state index < -0.39 is 0 Å². The number of halogens is 1. The van der Waals surface area contributed by atoms with Crippen LogP contribution in [0.1, 0.15) is 34.6 Å². The summed E-state index contributed by atoms with van der Waals surface area (Å²) in [5.74, 6) is -0.227. The molecule has 1 aliphatic rings. The number of rotatable bonds is 3. The summed E-state index contributed by atoms with van der Waals surface area (Å²) in [4.78, 5) is 14.8. The smallest absolute Gasteiger partial charge is 0.255 e. The lowest BCUT2D eigenvalue weighted by molar-refractivity contribution is 0.0740. The maximum absolute atomic E-state index is 13.1. The molecule has 23 heavy (non-hydrogen) atoms. The van der Waals surface area contributed by atoms with E-state index in [-0.39, 0.29) is 17.8 Å². The molecule has 2 aromatic rings. The minimum absolute atomic E-state index is 0.0411. The van der Waals surface area contributed by atoms with Crippen LogP contribution in [0.15, 0.2) is 30.3 Å². The molecule has 1 atom stereocenters. The average Bonchev–Trinajstić information content (AvgIpc) is 3.12. The molecule has 1 amide bonds. The second-order valence-corrected chi connectivity index (χ2v) is 6.13. The van der Waals surface area contributed by atoms with Gasteiger partial charge in [-0.15, -0.1) is 0 Å². The fourth-order valence-corrected chi connectivity index (χ4v) is 3.47. The van der Waals surface area contributed by atoms with Gasteiger partial charge in [-0.05, 0) is 57.0 Å². The summed E-state index contributed by atoms with van der Waals surface area (Å²) in [6, 6.07) is 8.36. The Balaban J connectivity index is 1.97. The molecule has 0 aliphatic carbocycles. The molecule has 0 bridgehead atoms. The number of carbonyl (C=O) groups excluding carboxylic acids is 1. The van der Waals surface area contributed by atoms with Crippen LogP contribution in [-0.4, -0.2) is 34.5 Å². The summed E-state index contributed by atoms with van der Waals surface area (Å²) >= 11 is 0. The summed E-state index contributed by atoms with van der Waals surface area (Å²) in [6.45, 7) is 5.15. The zero-order valence-electron chi connectivity index (χ0n) is 13.6. The van der Waals surface area contributed by atoms with E-state index in [2.05, 4.69) is 0 Å². The maximum atomic E-state index is 13.1. The highest BCUT2D eigenvalue weighted by atomic mass is 19.1. The molecule has 0 radical (unpaired) electrons. The third kappa shape index (κ3) is 2.77. The van der Waals surface area contributed by atoms with Gasteiger partial charge in [0.15, 0.2) is 0 Å². The van der Waals surface area contributed by atoms with Gasteiger partial charge in [-0.3, -0.25) is 4.79 Å². The highest BCUT2D eigenvalue weighted by Gasteiger charge is 2.30. The fraction of sp³-hybridized carbons (Fsp3) is 0.389. The average molecular weight is 315 g/mol. The van der Waals surface area contributed by atoms with E-state index in [0.717, 1.165) is 36.5 Å². The normalized spacial score (nSPS) is 17.7. The summed E-state index contributed by atoms with van der Waals surface area (Å²) < 4.78 is 15.1. The van der Waals surface area contributed by atoms with E-state index in [9.17, 15) is 9.18 Å². The lowest BCUT2D eigenvalue weighted by atomic mass is 10.2. The summed E-state index contributed by atoms with van der Waals surface area (Å²) in [6.07, 6.45) is 1.98. The van der Waals surface area contributed by atoms with Crippen molar-refractivity contribution in [3.63, 3.8) is 0 Å². The number of likely N-dealkylation sites (tertiary alicyclic amines) is 1. The quantitative estimate of drug-likeness (QED) is 0.947. The lowest BCUT2D eigenvalue weighted by Gasteiger charge is -2.23. The van der Waals surface area contributed by atoms with E-state index >= 15 is 0 Å². The van der Waals surface area contributed by atoms with Crippen LogP contribution in [0, 0.1) is 19.7 Å². The van der Waals surface area contributed by atoms with Crippen LogP contribution in [0.2, 0.25) is 0 Å². The second-order valence-electron chi connectivity index (χ2n) is 6.13. The Hall–Kier alpha value is -2.14. The maximum Gasteiger partial charge on any atom is 0.255 e. The van der Waals surface area contributed by atoms with Gasteiger partial charge < -0.3 is 15.2 Å². The molecule has 1 aliphatic heterocycles. The SMILES string of the molecule is Cc1cc(C(=O)N2CCCC2CN)c(C)n1-c1ccc(F)cc1. The standard InChI is InChI=1S/C18H22FN3O/c1-12-10-17(18(23)21-9-3-4-16(21)11-20)13(2)22(12)15-7-5-14(19)6-8-15/h5-8,10,16H,3-4,9,11,20H2,1-2H3. The van der Waals surface area contributed by atoms with Gasteiger partial charge in [-0.25, -0.2) is 4.39 Å². The summed E-state index contributed by atoms with van der Waals surface area (Å²) in [5, 5.41) is 0. The number of carbonyl (C=O) groups is 1. The molecule has 5 heteroatoms. The number of hydrogen-bond acceptors (Lipinski definition) is 2. The van der Waals surface area contributed by atoms with E-state index in [1.807, 2.05) is 29.4 Å². The number of nitrogens with zero attached hydrogens (tertiary/aromatic N) is 2. The summed E-state index contributed by atoms with van der Waals surface area (Å²) in [5.41, 5.74) is 9.18. The van der Waals surface area contributed by atoms with Gasteiger partial charge in [-0.1, -0.05) is 0 Å².